The normalized spacial score (nSPS) is 30.7. The summed E-state index contributed by atoms with van der Waals surface area (Å²) in [5.41, 5.74) is 0. The van der Waals surface area contributed by atoms with Crippen molar-refractivity contribution in [3.8, 4) is 0 Å². The molecule has 0 aromatic rings. The van der Waals surface area contributed by atoms with Crippen molar-refractivity contribution in [2.24, 2.45) is 11.8 Å². The van der Waals surface area contributed by atoms with Crippen LogP contribution in [0.3, 0.4) is 0 Å². The molecule has 1 rings (SSSR count). The first kappa shape index (κ1) is 8.83. The predicted octanol–water partition coefficient (Wildman–Crippen LogP) is 3.78. The van der Waals surface area contributed by atoms with Gasteiger partial charge in [-0.3, -0.25) is 0 Å². The van der Waals surface area contributed by atoms with Crippen molar-refractivity contribution < 1.29 is 0 Å². The van der Waals surface area contributed by atoms with E-state index in [0.29, 0.717) is 0 Å². The molecule has 2 unspecified atom stereocenters. The molecule has 0 saturated carbocycles. The average molecular weight is 152 g/mol. The van der Waals surface area contributed by atoms with Gasteiger partial charge in [0.2, 0.25) is 0 Å². The van der Waals surface area contributed by atoms with Gasteiger partial charge in [0.1, 0.15) is 0 Å². The fourth-order valence-electron chi connectivity index (χ4n) is 1.91. The zero-order valence-electron chi connectivity index (χ0n) is 7.84. The van der Waals surface area contributed by atoms with Gasteiger partial charge < -0.3 is 0 Å². The van der Waals surface area contributed by atoms with Crippen LogP contribution in [0.25, 0.3) is 0 Å². The highest BCUT2D eigenvalue weighted by atomic mass is 14.2. The predicted molar refractivity (Wildman–Crippen MR) is 50.6 cm³/mol. The molecule has 64 valence electrons. The van der Waals surface area contributed by atoms with Crippen molar-refractivity contribution >= 4 is 0 Å². The van der Waals surface area contributed by atoms with Crippen molar-refractivity contribution in [1.29, 1.82) is 0 Å². The Balaban J connectivity index is 2.27. The van der Waals surface area contributed by atoms with E-state index in [1.165, 1.54) is 32.1 Å². The van der Waals surface area contributed by atoms with Crippen molar-refractivity contribution in [2.45, 2.75) is 46.0 Å². The van der Waals surface area contributed by atoms with Crippen molar-refractivity contribution in [1.82, 2.24) is 0 Å². The standard InChI is InChI=1S/C11H20/c1-3-4-8-11-9-6-5-7-10(11)2/h5,7,10-11H,3-4,6,8-9H2,1-2H3. The fourth-order valence-corrected chi connectivity index (χ4v) is 1.91. The van der Waals surface area contributed by atoms with Crippen LogP contribution in [0.5, 0.6) is 0 Å². The summed E-state index contributed by atoms with van der Waals surface area (Å²) < 4.78 is 0. The smallest absolute Gasteiger partial charge is 0.0233 e. The van der Waals surface area contributed by atoms with E-state index < -0.39 is 0 Å². The second-order valence-electron chi connectivity index (χ2n) is 3.77. The highest BCUT2D eigenvalue weighted by Gasteiger charge is 2.16. The van der Waals surface area contributed by atoms with Gasteiger partial charge in [-0.2, -0.15) is 0 Å². The summed E-state index contributed by atoms with van der Waals surface area (Å²) in [6.07, 6.45) is 11.7. The third-order valence-electron chi connectivity index (χ3n) is 2.82. The Labute approximate surface area is 70.7 Å². The van der Waals surface area contributed by atoms with Crippen LogP contribution in [-0.2, 0) is 0 Å². The Kier molecular flexibility index (Phi) is 3.68. The SMILES string of the molecule is CCCCC1CCC=CC1C. The highest BCUT2D eigenvalue weighted by Crippen LogP contribution is 2.28. The number of allylic oxidation sites excluding steroid dienone is 2. The molecule has 0 heterocycles. The molecule has 0 heteroatoms. The van der Waals surface area contributed by atoms with Gasteiger partial charge in [0.05, 0.1) is 0 Å². The van der Waals surface area contributed by atoms with Crippen LogP contribution >= 0.6 is 0 Å². The molecule has 0 aromatic carbocycles. The summed E-state index contributed by atoms with van der Waals surface area (Å²) >= 11 is 0. The van der Waals surface area contributed by atoms with Crippen molar-refractivity contribution in [3.63, 3.8) is 0 Å². The Morgan fingerprint density at radius 1 is 1.45 bits per heavy atom. The van der Waals surface area contributed by atoms with E-state index >= 15 is 0 Å². The van der Waals surface area contributed by atoms with Crippen molar-refractivity contribution in [3.05, 3.63) is 12.2 Å². The van der Waals surface area contributed by atoms with Gasteiger partial charge in [0.25, 0.3) is 0 Å². The molecular formula is C11H20. The molecule has 0 N–H and O–H groups in total. The molecule has 2 atom stereocenters. The number of rotatable bonds is 3. The van der Waals surface area contributed by atoms with Crippen LogP contribution in [0.15, 0.2) is 12.2 Å². The molecule has 1 aliphatic rings. The lowest BCUT2D eigenvalue weighted by Crippen LogP contribution is -2.12. The third kappa shape index (κ3) is 2.69. The summed E-state index contributed by atoms with van der Waals surface area (Å²) in [6.45, 7) is 4.64. The van der Waals surface area contributed by atoms with E-state index in [1.54, 1.807) is 0 Å². The summed E-state index contributed by atoms with van der Waals surface area (Å²) in [7, 11) is 0. The largest absolute Gasteiger partial charge is 0.0882 e. The third-order valence-corrected chi connectivity index (χ3v) is 2.82. The molecule has 0 saturated heterocycles. The second-order valence-corrected chi connectivity index (χ2v) is 3.77. The minimum atomic E-state index is 0.843. The molecule has 0 bridgehead atoms. The molecule has 0 spiro atoms. The van der Waals surface area contributed by atoms with Gasteiger partial charge >= 0.3 is 0 Å². The summed E-state index contributed by atoms with van der Waals surface area (Å²) in [5, 5.41) is 0. The van der Waals surface area contributed by atoms with Crippen LogP contribution in [0.2, 0.25) is 0 Å². The molecule has 11 heavy (non-hydrogen) atoms. The number of unbranched alkanes of at least 4 members (excludes halogenated alkanes) is 1. The maximum absolute atomic E-state index is 2.39. The van der Waals surface area contributed by atoms with Gasteiger partial charge in [-0.1, -0.05) is 38.8 Å². The Hall–Kier alpha value is -0.260. The quantitative estimate of drug-likeness (QED) is 0.540. The zero-order valence-corrected chi connectivity index (χ0v) is 7.84. The molecule has 0 nitrogen and oxygen atoms in total. The van der Waals surface area contributed by atoms with Gasteiger partial charge in [-0.15, -0.1) is 0 Å². The molecule has 0 radical (unpaired) electrons. The van der Waals surface area contributed by atoms with Gasteiger partial charge in [0.15, 0.2) is 0 Å². The van der Waals surface area contributed by atoms with E-state index in [9.17, 15) is 0 Å². The highest BCUT2D eigenvalue weighted by molar-refractivity contribution is 4.94. The molecule has 0 fully saturated rings. The summed E-state index contributed by atoms with van der Waals surface area (Å²) in [6, 6.07) is 0. The van der Waals surface area contributed by atoms with Crippen LogP contribution in [0.4, 0.5) is 0 Å². The average Bonchev–Trinajstić information content (AvgIpc) is 2.03. The van der Waals surface area contributed by atoms with Crippen LogP contribution in [-0.4, -0.2) is 0 Å². The topological polar surface area (TPSA) is 0 Å². The Morgan fingerprint density at radius 2 is 2.27 bits per heavy atom. The van der Waals surface area contributed by atoms with E-state index in [-0.39, 0.29) is 0 Å². The minimum Gasteiger partial charge on any atom is -0.0882 e. The van der Waals surface area contributed by atoms with Gasteiger partial charge in [-0.25, -0.2) is 0 Å². The summed E-state index contributed by atoms with van der Waals surface area (Å²) in [4.78, 5) is 0. The Morgan fingerprint density at radius 3 is 2.91 bits per heavy atom. The van der Waals surface area contributed by atoms with Gasteiger partial charge in [0, 0.05) is 0 Å². The lowest BCUT2D eigenvalue weighted by atomic mass is 9.82. The second kappa shape index (κ2) is 4.58. The monoisotopic (exact) mass is 152 g/mol. The first-order valence-electron chi connectivity index (χ1n) is 5.01. The lowest BCUT2D eigenvalue weighted by Gasteiger charge is -2.24. The fraction of sp³-hybridized carbons (Fsp3) is 0.818. The van der Waals surface area contributed by atoms with Crippen LogP contribution in [0, 0.1) is 11.8 Å². The molecule has 0 aromatic heterocycles. The minimum absolute atomic E-state index is 0.843. The van der Waals surface area contributed by atoms with E-state index in [2.05, 4.69) is 26.0 Å². The molecular weight excluding hydrogens is 132 g/mol. The first-order chi connectivity index (χ1) is 5.34. The Bertz CT molecular complexity index is 124. The summed E-state index contributed by atoms with van der Waals surface area (Å²) in [5.74, 6) is 1.83. The molecule has 1 aliphatic carbocycles. The van der Waals surface area contributed by atoms with E-state index in [4.69, 9.17) is 0 Å². The van der Waals surface area contributed by atoms with Gasteiger partial charge in [-0.05, 0) is 31.1 Å². The van der Waals surface area contributed by atoms with Crippen LogP contribution < -0.4 is 0 Å². The maximum atomic E-state index is 2.39. The molecule has 0 aliphatic heterocycles. The zero-order chi connectivity index (χ0) is 8.10. The van der Waals surface area contributed by atoms with Crippen molar-refractivity contribution in [2.75, 3.05) is 0 Å². The maximum Gasteiger partial charge on any atom is -0.0233 e. The molecule has 0 amide bonds. The first-order valence-corrected chi connectivity index (χ1v) is 5.01. The number of hydrogen-bond acceptors (Lipinski definition) is 0. The van der Waals surface area contributed by atoms with Crippen LogP contribution in [0.1, 0.15) is 46.0 Å². The lowest BCUT2D eigenvalue weighted by molar-refractivity contribution is 0.344. The van der Waals surface area contributed by atoms with E-state index in [0.717, 1.165) is 11.8 Å². The number of hydrogen-bond donors (Lipinski definition) is 0. The van der Waals surface area contributed by atoms with E-state index in [1.807, 2.05) is 0 Å².